The third-order valence-corrected chi connectivity index (χ3v) is 3.82. The quantitative estimate of drug-likeness (QED) is 0.705. The number of aryl methyl sites for hydroxylation is 3. The van der Waals surface area contributed by atoms with Crippen LogP contribution in [0.1, 0.15) is 30.8 Å². The lowest BCUT2D eigenvalue weighted by atomic mass is 10.1. The Bertz CT molecular complexity index is 512. The van der Waals surface area contributed by atoms with Gasteiger partial charge in [0.05, 0.1) is 5.52 Å². The van der Waals surface area contributed by atoms with Crippen LogP contribution in [0.5, 0.6) is 0 Å². The summed E-state index contributed by atoms with van der Waals surface area (Å²) in [5, 5.41) is 0. The van der Waals surface area contributed by atoms with Gasteiger partial charge in [-0.2, -0.15) is 0 Å². The van der Waals surface area contributed by atoms with Gasteiger partial charge < -0.3 is 4.57 Å². The number of imidazole rings is 1. The third-order valence-electron chi connectivity index (χ3n) is 2.84. The van der Waals surface area contributed by atoms with Crippen molar-refractivity contribution in [1.29, 1.82) is 0 Å². The van der Waals surface area contributed by atoms with Gasteiger partial charge in [-0.05, 0) is 53.9 Å². The molecule has 0 radical (unpaired) electrons. The number of hydrogen-bond donors (Lipinski definition) is 0. The summed E-state index contributed by atoms with van der Waals surface area (Å²) in [5.41, 5.74) is 4.83. The van der Waals surface area contributed by atoms with Gasteiger partial charge in [0.15, 0.2) is 0 Å². The van der Waals surface area contributed by atoms with E-state index in [1.807, 2.05) is 27.8 Å². The zero-order chi connectivity index (χ0) is 12.5. The molecule has 0 spiro atoms. The van der Waals surface area contributed by atoms with E-state index in [9.17, 15) is 0 Å². The van der Waals surface area contributed by atoms with E-state index in [2.05, 4.69) is 45.4 Å². The number of nitrogens with zero attached hydrogens (tertiary/aromatic N) is 2. The molecule has 0 aliphatic heterocycles. The first-order valence-corrected chi connectivity index (χ1v) is 6.40. The molecule has 2 rings (SSSR count). The van der Waals surface area contributed by atoms with E-state index in [1.54, 1.807) is 0 Å². The lowest BCUT2D eigenvalue weighted by molar-refractivity contribution is 0.885. The Morgan fingerprint density at radius 1 is 1.19 bits per heavy atom. The molecule has 1 heterocycles. The average Bonchev–Trinajstić information content (AvgIpc) is 2.57. The number of hydrogen-bond acceptors (Lipinski definition) is 1. The van der Waals surface area contributed by atoms with Crippen LogP contribution in [-0.2, 0) is 7.05 Å². The molecule has 0 amide bonds. The summed E-state index contributed by atoms with van der Waals surface area (Å²) in [5.74, 6) is 1.05. The zero-order valence-corrected chi connectivity index (χ0v) is 12.4. The molecule has 0 aliphatic rings. The lowest BCUT2D eigenvalue weighted by Crippen LogP contribution is -1.91. The van der Waals surface area contributed by atoms with Crippen LogP contribution in [0.4, 0.5) is 0 Å². The summed E-state index contributed by atoms with van der Waals surface area (Å²) < 4.78 is 3.24. The highest BCUT2D eigenvalue weighted by Crippen LogP contribution is 2.29. The van der Waals surface area contributed by atoms with Crippen molar-refractivity contribution >= 4 is 27.0 Å². The third kappa shape index (κ3) is 2.01. The van der Waals surface area contributed by atoms with Crippen molar-refractivity contribution in [3.63, 3.8) is 0 Å². The van der Waals surface area contributed by atoms with Crippen LogP contribution in [0.25, 0.3) is 11.0 Å². The second kappa shape index (κ2) is 5.00. The van der Waals surface area contributed by atoms with E-state index < -0.39 is 0 Å². The summed E-state index contributed by atoms with van der Waals surface area (Å²) in [6, 6.07) is 2.19. The number of aromatic nitrogens is 2. The molecule has 0 bridgehead atoms. The first-order chi connectivity index (χ1) is 7.52. The first-order valence-electron chi connectivity index (χ1n) is 5.61. The fourth-order valence-electron chi connectivity index (χ4n) is 1.62. The summed E-state index contributed by atoms with van der Waals surface area (Å²) in [6.45, 7) is 10.3. The van der Waals surface area contributed by atoms with E-state index in [1.165, 1.54) is 16.6 Å². The van der Waals surface area contributed by atoms with Gasteiger partial charge in [0.2, 0.25) is 0 Å². The highest BCUT2D eigenvalue weighted by molar-refractivity contribution is 9.10. The van der Waals surface area contributed by atoms with E-state index in [0.717, 1.165) is 15.8 Å². The summed E-state index contributed by atoms with van der Waals surface area (Å²) >= 11 is 3.60. The molecular formula is C13H19BrN2. The van der Waals surface area contributed by atoms with E-state index in [0.29, 0.717) is 0 Å². The van der Waals surface area contributed by atoms with Crippen molar-refractivity contribution in [3.05, 3.63) is 27.5 Å². The fraction of sp³-hybridized carbons (Fsp3) is 0.462. The molecule has 0 fully saturated rings. The minimum Gasteiger partial charge on any atom is -0.331 e. The molecule has 1 aromatic carbocycles. The van der Waals surface area contributed by atoms with Crippen LogP contribution >= 0.6 is 15.9 Å². The van der Waals surface area contributed by atoms with Crippen molar-refractivity contribution in [2.24, 2.45) is 7.05 Å². The van der Waals surface area contributed by atoms with Crippen molar-refractivity contribution in [2.75, 3.05) is 0 Å². The van der Waals surface area contributed by atoms with E-state index in [4.69, 9.17) is 0 Å². The normalized spacial score (nSPS) is 10.2. The van der Waals surface area contributed by atoms with Gasteiger partial charge in [0.25, 0.3) is 0 Å². The number of halogens is 1. The molecule has 88 valence electrons. The first kappa shape index (κ1) is 13.2. The van der Waals surface area contributed by atoms with Gasteiger partial charge in [-0.1, -0.05) is 13.8 Å². The summed E-state index contributed by atoms with van der Waals surface area (Å²) in [6.07, 6.45) is 0. The Morgan fingerprint density at radius 3 is 2.31 bits per heavy atom. The van der Waals surface area contributed by atoms with Crippen LogP contribution in [-0.4, -0.2) is 9.55 Å². The Morgan fingerprint density at radius 2 is 1.75 bits per heavy atom. The van der Waals surface area contributed by atoms with Crippen molar-refractivity contribution < 1.29 is 0 Å². The predicted octanol–water partition coefficient (Wildman–Crippen LogP) is 4.29. The molecule has 0 saturated carbocycles. The van der Waals surface area contributed by atoms with Crippen LogP contribution in [0.15, 0.2) is 10.5 Å². The molecule has 0 N–H and O–H groups in total. The second-order valence-corrected chi connectivity index (χ2v) is 4.51. The maximum absolute atomic E-state index is 4.53. The minimum atomic E-state index is 1.05. The highest BCUT2D eigenvalue weighted by atomic mass is 79.9. The van der Waals surface area contributed by atoms with Gasteiger partial charge in [-0.25, -0.2) is 4.98 Å². The molecule has 0 saturated heterocycles. The second-order valence-electron chi connectivity index (χ2n) is 3.72. The zero-order valence-electron chi connectivity index (χ0n) is 10.8. The Labute approximate surface area is 106 Å². The fourth-order valence-corrected chi connectivity index (χ4v) is 2.22. The van der Waals surface area contributed by atoms with Crippen LogP contribution in [0.2, 0.25) is 0 Å². The van der Waals surface area contributed by atoms with Gasteiger partial charge in [-0.15, -0.1) is 0 Å². The van der Waals surface area contributed by atoms with Crippen molar-refractivity contribution in [1.82, 2.24) is 9.55 Å². The molecule has 0 aliphatic carbocycles. The number of benzene rings is 1. The van der Waals surface area contributed by atoms with Crippen LogP contribution < -0.4 is 0 Å². The monoisotopic (exact) mass is 282 g/mol. The Balaban J connectivity index is 0.000000606. The smallest absolute Gasteiger partial charge is 0.106 e. The topological polar surface area (TPSA) is 17.8 Å². The van der Waals surface area contributed by atoms with Gasteiger partial charge in [-0.3, -0.25) is 0 Å². The Kier molecular flexibility index (Phi) is 4.14. The van der Waals surface area contributed by atoms with Crippen molar-refractivity contribution in [3.8, 4) is 0 Å². The van der Waals surface area contributed by atoms with Crippen LogP contribution in [0, 0.1) is 20.8 Å². The molecule has 3 heteroatoms. The molecule has 1 aromatic heterocycles. The van der Waals surface area contributed by atoms with Gasteiger partial charge >= 0.3 is 0 Å². The number of fused-ring (bicyclic) bond motifs is 1. The maximum atomic E-state index is 4.53. The van der Waals surface area contributed by atoms with Gasteiger partial charge in [0, 0.05) is 11.5 Å². The van der Waals surface area contributed by atoms with E-state index >= 15 is 0 Å². The molecule has 2 aromatic rings. The predicted molar refractivity (Wildman–Crippen MR) is 74.0 cm³/mol. The molecule has 0 atom stereocenters. The summed E-state index contributed by atoms with van der Waals surface area (Å²) in [7, 11) is 2.05. The maximum Gasteiger partial charge on any atom is 0.106 e. The average molecular weight is 283 g/mol. The van der Waals surface area contributed by atoms with Gasteiger partial charge in [0.1, 0.15) is 11.3 Å². The molecule has 2 nitrogen and oxygen atoms in total. The van der Waals surface area contributed by atoms with E-state index in [-0.39, 0.29) is 0 Å². The van der Waals surface area contributed by atoms with Crippen LogP contribution in [0.3, 0.4) is 0 Å². The largest absolute Gasteiger partial charge is 0.331 e. The SMILES string of the molecule is CC.Cc1cc2c(nc(C)n2C)c(Br)c1C. The molecule has 0 unspecified atom stereocenters. The summed E-state index contributed by atoms with van der Waals surface area (Å²) in [4.78, 5) is 4.53. The number of rotatable bonds is 0. The minimum absolute atomic E-state index is 1.05. The standard InChI is InChI=1S/C11H13BrN2.C2H6/c1-6-5-9-11(10(12)7(6)2)13-8(3)14(9)4;1-2/h5H,1-4H3;1-2H3. The molecular weight excluding hydrogens is 264 g/mol. The molecule has 16 heavy (non-hydrogen) atoms. The lowest BCUT2D eigenvalue weighted by Gasteiger charge is -2.04. The Hall–Kier alpha value is -0.830. The van der Waals surface area contributed by atoms with Crippen molar-refractivity contribution in [2.45, 2.75) is 34.6 Å². The highest BCUT2D eigenvalue weighted by Gasteiger charge is 2.10.